The average Bonchev–Trinajstić information content (AvgIpc) is 3.21. The summed E-state index contributed by atoms with van der Waals surface area (Å²) in [5, 5.41) is 50.1. The van der Waals surface area contributed by atoms with E-state index in [2.05, 4.69) is 50.3 Å². The molecule has 13 nitrogen and oxygen atoms in total. The zero-order valence-electron chi connectivity index (χ0n) is 36.3. The highest BCUT2D eigenvalue weighted by atomic mass is 31.2. The number of hydrogen-bond acceptors (Lipinski definition) is 12. The van der Waals surface area contributed by atoms with Crippen molar-refractivity contribution in [2.45, 2.75) is 224 Å². The molecule has 0 saturated heterocycles. The minimum absolute atomic E-state index is 0.0724. The Morgan fingerprint density at radius 2 is 0.915 bits per heavy atom. The molecule has 6 N–H and O–H groups in total. The van der Waals surface area contributed by atoms with Crippen LogP contribution in [0.15, 0.2) is 36.5 Å². The van der Waals surface area contributed by atoms with Crippen molar-refractivity contribution < 1.29 is 63.1 Å². The van der Waals surface area contributed by atoms with Gasteiger partial charge in [-0.2, -0.15) is 0 Å². The first kappa shape index (κ1) is 55.1. The first-order valence-electron chi connectivity index (χ1n) is 22.8. The Morgan fingerprint density at radius 1 is 0.525 bits per heavy atom. The van der Waals surface area contributed by atoms with Crippen LogP contribution in [-0.4, -0.2) is 98.3 Å². The molecule has 0 bridgehead atoms. The zero-order valence-corrected chi connectivity index (χ0v) is 37.2. The Bertz CT molecular complexity index is 1180. The molecule has 6 atom stereocenters. The van der Waals surface area contributed by atoms with Crippen LogP contribution in [0.4, 0.5) is 0 Å². The van der Waals surface area contributed by atoms with Crippen molar-refractivity contribution in [3.63, 3.8) is 0 Å². The van der Waals surface area contributed by atoms with Crippen LogP contribution >= 0.6 is 7.82 Å². The number of phosphoric ester groups is 1. The predicted molar refractivity (Wildman–Crippen MR) is 230 cm³/mol. The molecule has 0 aromatic carbocycles. The maximum absolute atomic E-state index is 12.8. The van der Waals surface area contributed by atoms with Gasteiger partial charge in [-0.25, -0.2) is 4.57 Å². The fourth-order valence-electron chi connectivity index (χ4n) is 6.76. The zero-order chi connectivity index (χ0) is 43.6. The number of aliphatic hydroxyl groups is 5. The van der Waals surface area contributed by atoms with Gasteiger partial charge in [0.1, 0.15) is 43.2 Å². The number of carbonyl (C=O) groups is 2. The van der Waals surface area contributed by atoms with Crippen molar-refractivity contribution in [2.24, 2.45) is 0 Å². The molecule has 0 aromatic heterocycles. The molecule has 0 spiro atoms. The van der Waals surface area contributed by atoms with Crippen LogP contribution in [0, 0.1) is 0 Å². The lowest BCUT2D eigenvalue weighted by Gasteiger charge is -2.41. The number of phosphoric acid groups is 1. The van der Waals surface area contributed by atoms with Crippen LogP contribution in [0.5, 0.6) is 0 Å². The molecule has 1 rings (SSSR count). The number of unbranched alkanes of at least 4 members (excludes halogenated alkanes) is 19. The summed E-state index contributed by atoms with van der Waals surface area (Å²) in [5.41, 5.74) is 0. The van der Waals surface area contributed by atoms with Gasteiger partial charge >= 0.3 is 19.8 Å². The number of hydrogen-bond donors (Lipinski definition) is 6. The molecule has 1 saturated carbocycles. The molecule has 1 aliphatic rings. The Labute approximate surface area is 355 Å². The smallest absolute Gasteiger partial charge is 0.462 e. The Balaban J connectivity index is 2.49. The second-order valence-corrected chi connectivity index (χ2v) is 17.3. The topological polar surface area (TPSA) is 210 Å². The molecular formula is C45H81O13P. The van der Waals surface area contributed by atoms with E-state index in [1.807, 2.05) is 0 Å². The second kappa shape index (κ2) is 35.6. The van der Waals surface area contributed by atoms with Gasteiger partial charge in [-0.3, -0.25) is 18.6 Å². The van der Waals surface area contributed by atoms with E-state index in [0.717, 1.165) is 64.2 Å². The maximum atomic E-state index is 12.8. The Hall–Kier alpha value is -1.93. The maximum Gasteiger partial charge on any atom is 0.472 e. The molecule has 0 aliphatic heterocycles. The quantitative estimate of drug-likeness (QED) is 0.0150. The van der Waals surface area contributed by atoms with E-state index >= 15 is 0 Å². The highest BCUT2D eigenvalue weighted by Crippen LogP contribution is 2.47. The minimum atomic E-state index is -5.12. The van der Waals surface area contributed by atoms with Crippen molar-refractivity contribution in [2.75, 3.05) is 13.2 Å². The van der Waals surface area contributed by atoms with Crippen molar-refractivity contribution in [1.29, 1.82) is 0 Å². The third-order valence-electron chi connectivity index (χ3n) is 10.5. The van der Waals surface area contributed by atoms with Gasteiger partial charge in [-0.05, 0) is 51.4 Å². The van der Waals surface area contributed by atoms with E-state index in [0.29, 0.717) is 12.8 Å². The van der Waals surface area contributed by atoms with Crippen molar-refractivity contribution >= 4 is 19.8 Å². The normalized spacial score (nSPS) is 22.6. The van der Waals surface area contributed by atoms with Gasteiger partial charge in [0.25, 0.3) is 0 Å². The van der Waals surface area contributed by atoms with Gasteiger partial charge < -0.3 is 39.9 Å². The Morgan fingerprint density at radius 3 is 1.42 bits per heavy atom. The average molecular weight is 861 g/mol. The van der Waals surface area contributed by atoms with Gasteiger partial charge in [-0.15, -0.1) is 0 Å². The van der Waals surface area contributed by atoms with E-state index in [1.54, 1.807) is 0 Å². The van der Waals surface area contributed by atoms with Gasteiger partial charge in [0.2, 0.25) is 0 Å². The van der Waals surface area contributed by atoms with E-state index < -0.39 is 75.7 Å². The van der Waals surface area contributed by atoms with Crippen LogP contribution in [0.1, 0.15) is 181 Å². The number of esters is 2. The van der Waals surface area contributed by atoms with E-state index in [-0.39, 0.29) is 12.8 Å². The molecular weight excluding hydrogens is 779 g/mol. The first-order valence-corrected chi connectivity index (χ1v) is 24.3. The van der Waals surface area contributed by atoms with Gasteiger partial charge in [0, 0.05) is 12.8 Å². The molecule has 1 aliphatic carbocycles. The summed E-state index contributed by atoms with van der Waals surface area (Å²) in [4.78, 5) is 35.6. The van der Waals surface area contributed by atoms with E-state index in [1.165, 1.54) is 77.0 Å². The van der Waals surface area contributed by atoms with Gasteiger partial charge in [0.05, 0.1) is 6.61 Å². The molecule has 59 heavy (non-hydrogen) atoms. The summed E-state index contributed by atoms with van der Waals surface area (Å²) in [5.74, 6) is -1.12. The summed E-state index contributed by atoms with van der Waals surface area (Å²) in [6, 6.07) is 0. The summed E-state index contributed by atoms with van der Waals surface area (Å²) in [6.07, 6.45) is 26.2. The number of carbonyl (C=O) groups excluding carboxylic acids is 2. The van der Waals surface area contributed by atoms with E-state index in [9.17, 15) is 44.6 Å². The largest absolute Gasteiger partial charge is 0.472 e. The molecule has 0 heterocycles. The van der Waals surface area contributed by atoms with Gasteiger partial charge in [-0.1, -0.05) is 153 Å². The van der Waals surface area contributed by atoms with Crippen LogP contribution < -0.4 is 0 Å². The van der Waals surface area contributed by atoms with Crippen LogP contribution in [0.2, 0.25) is 0 Å². The van der Waals surface area contributed by atoms with Crippen molar-refractivity contribution in [1.82, 2.24) is 0 Å². The summed E-state index contributed by atoms with van der Waals surface area (Å²) < 4.78 is 33.5. The molecule has 14 heteroatoms. The lowest BCUT2D eigenvalue weighted by atomic mass is 9.85. The lowest BCUT2D eigenvalue weighted by molar-refractivity contribution is -0.220. The predicted octanol–water partition coefficient (Wildman–Crippen LogP) is 8.61. The van der Waals surface area contributed by atoms with Crippen LogP contribution in [-0.2, 0) is 32.7 Å². The van der Waals surface area contributed by atoms with Crippen molar-refractivity contribution in [3.05, 3.63) is 36.5 Å². The first-order chi connectivity index (χ1) is 28.4. The summed E-state index contributed by atoms with van der Waals surface area (Å²) in [7, 11) is -5.12. The van der Waals surface area contributed by atoms with Gasteiger partial charge in [0.15, 0.2) is 6.10 Å². The summed E-state index contributed by atoms with van der Waals surface area (Å²) in [6.45, 7) is 3.25. The second-order valence-electron chi connectivity index (χ2n) is 15.9. The molecule has 1 fully saturated rings. The summed E-state index contributed by atoms with van der Waals surface area (Å²) >= 11 is 0. The highest BCUT2D eigenvalue weighted by Gasteiger charge is 2.51. The Kier molecular flexibility index (Phi) is 33.3. The SMILES string of the molecule is CCCCCC=CCC=CCC=CCCCCCCC(=O)OC(COC(=O)CCCCCCCCCCCCCCC)COP(=O)(O)OC1C(O)C(O)C(O)C(O)C1O. The molecule has 344 valence electrons. The van der Waals surface area contributed by atoms with E-state index in [4.69, 9.17) is 18.5 Å². The monoisotopic (exact) mass is 861 g/mol. The molecule has 6 unspecified atom stereocenters. The molecule has 0 amide bonds. The third kappa shape index (κ3) is 28.3. The highest BCUT2D eigenvalue weighted by molar-refractivity contribution is 7.47. The lowest BCUT2D eigenvalue weighted by Crippen LogP contribution is -2.64. The standard InChI is InChI=1S/C45H81O13P/c1-3-5-7-9-11-13-15-17-18-19-20-22-24-26-28-30-32-34-39(47)57-37(36-56-59(53,54)58-45-43(51)41(49)40(48)42(50)44(45)52)35-55-38(46)33-31-29-27-25-23-21-16-14-12-10-8-6-4-2/h11,13,17-18,20,22,37,40-45,48-52H,3-10,12,14-16,19,21,23-36H2,1-2H3,(H,53,54). The number of rotatable bonds is 37. The third-order valence-corrected chi connectivity index (χ3v) is 11.5. The number of aliphatic hydroxyl groups excluding tert-OH is 5. The minimum Gasteiger partial charge on any atom is -0.462 e. The number of ether oxygens (including phenoxy) is 2. The fourth-order valence-corrected chi connectivity index (χ4v) is 7.74. The van der Waals surface area contributed by atoms with Crippen molar-refractivity contribution in [3.8, 4) is 0 Å². The number of allylic oxidation sites excluding steroid dienone is 6. The van der Waals surface area contributed by atoms with Crippen LogP contribution in [0.25, 0.3) is 0 Å². The fraction of sp³-hybridized carbons (Fsp3) is 0.822. The van der Waals surface area contributed by atoms with Crippen LogP contribution in [0.3, 0.4) is 0 Å². The molecule has 0 radical (unpaired) electrons. The molecule has 0 aromatic rings.